The van der Waals surface area contributed by atoms with Crippen molar-refractivity contribution in [2.75, 3.05) is 6.61 Å². The van der Waals surface area contributed by atoms with Gasteiger partial charge in [-0.15, -0.1) is 0 Å². The summed E-state index contributed by atoms with van der Waals surface area (Å²) < 4.78 is 4.81. The van der Waals surface area contributed by atoms with Crippen LogP contribution in [0.5, 0.6) is 0 Å². The lowest BCUT2D eigenvalue weighted by Crippen LogP contribution is -2.38. The minimum absolute atomic E-state index is 0.00882. The molecule has 6 nitrogen and oxygen atoms in total. The summed E-state index contributed by atoms with van der Waals surface area (Å²) >= 11 is 0. The summed E-state index contributed by atoms with van der Waals surface area (Å²) in [6.45, 7) is 3.26. The van der Waals surface area contributed by atoms with Crippen molar-refractivity contribution >= 4 is 17.9 Å². The van der Waals surface area contributed by atoms with Crippen LogP contribution >= 0.6 is 0 Å². The molecular weight excluding hydrogens is 252 g/mol. The molecule has 0 radical (unpaired) electrons. The Balaban J connectivity index is 2.57. The van der Waals surface area contributed by atoms with Crippen LogP contribution in [-0.2, 0) is 19.1 Å². The molecule has 1 aliphatic carbocycles. The summed E-state index contributed by atoms with van der Waals surface area (Å²) in [4.78, 5) is 33.1. The quantitative estimate of drug-likeness (QED) is 0.559. The van der Waals surface area contributed by atoms with E-state index in [4.69, 9.17) is 9.84 Å². The van der Waals surface area contributed by atoms with Gasteiger partial charge in [-0.1, -0.05) is 6.58 Å². The first kappa shape index (κ1) is 15.2. The molecule has 0 aromatic rings. The van der Waals surface area contributed by atoms with Crippen molar-refractivity contribution in [2.45, 2.75) is 32.1 Å². The SMILES string of the molecule is C=CC(=O)OCCC1(C(=O)O)CCC(C(=O)O)CC1. The van der Waals surface area contributed by atoms with Gasteiger partial charge in [0, 0.05) is 6.08 Å². The van der Waals surface area contributed by atoms with E-state index in [1.807, 2.05) is 0 Å². The normalized spacial score (nSPS) is 26.4. The minimum atomic E-state index is -0.979. The van der Waals surface area contributed by atoms with E-state index in [2.05, 4.69) is 6.58 Å². The Bertz CT molecular complexity index is 379. The first-order valence-corrected chi connectivity index (χ1v) is 6.17. The lowest BCUT2D eigenvalue weighted by molar-refractivity contribution is -0.157. The van der Waals surface area contributed by atoms with Gasteiger partial charge in [0.1, 0.15) is 0 Å². The molecule has 0 amide bonds. The number of carbonyl (C=O) groups excluding carboxylic acids is 1. The molecule has 1 fully saturated rings. The molecule has 19 heavy (non-hydrogen) atoms. The number of hydrogen-bond donors (Lipinski definition) is 2. The zero-order valence-electron chi connectivity index (χ0n) is 10.6. The fourth-order valence-corrected chi connectivity index (χ4v) is 2.39. The molecule has 0 aromatic carbocycles. The average Bonchev–Trinajstić information content (AvgIpc) is 2.38. The number of ether oxygens (including phenoxy) is 1. The van der Waals surface area contributed by atoms with E-state index >= 15 is 0 Å². The molecule has 0 saturated heterocycles. The molecule has 0 unspecified atom stereocenters. The number of aliphatic carboxylic acids is 2. The van der Waals surface area contributed by atoms with E-state index in [1.54, 1.807) is 0 Å². The van der Waals surface area contributed by atoms with E-state index in [9.17, 15) is 19.5 Å². The molecule has 0 spiro atoms. The fourth-order valence-electron chi connectivity index (χ4n) is 2.39. The molecule has 1 saturated carbocycles. The van der Waals surface area contributed by atoms with E-state index in [0.717, 1.165) is 6.08 Å². The predicted molar refractivity (Wildman–Crippen MR) is 65.4 cm³/mol. The van der Waals surface area contributed by atoms with Gasteiger partial charge in [0.05, 0.1) is 17.9 Å². The second kappa shape index (κ2) is 6.36. The van der Waals surface area contributed by atoms with Crippen LogP contribution in [0.25, 0.3) is 0 Å². The number of carboxylic acids is 2. The molecular formula is C13H18O6. The van der Waals surface area contributed by atoms with Gasteiger partial charge in [0.25, 0.3) is 0 Å². The van der Waals surface area contributed by atoms with Crippen molar-refractivity contribution in [3.63, 3.8) is 0 Å². The number of rotatable bonds is 6. The van der Waals surface area contributed by atoms with Gasteiger partial charge in [-0.25, -0.2) is 4.79 Å². The Morgan fingerprint density at radius 3 is 2.26 bits per heavy atom. The van der Waals surface area contributed by atoms with Crippen molar-refractivity contribution in [1.29, 1.82) is 0 Å². The summed E-state index contributed by atoms with van der Waals surface area (Å²) in [5.74, 6) is -2.88. The molecule has 0 aromatic heterocycles. The van der Waals surface area contributed by atoms with Crippen LogP contribution in [0.2, 0.25) is 0 Å². The smallest absolute Gasteiger partial charge is 0.330 e. The molecule has 0 bridgehead atoms. The molecule has 0 aliphatic heterocycles. The lowest BCUT2D eigenvalue weighted by atomic mass is 9.69. The van der Waals surface area contributed by atoms with Gasteiger partial charge in [-0.05, 0) is 32.1 Å². The third kappa shape index (κ3) is 3.81. The fraction of sp³-hybridized carbons (Fsp3) is 0.615. The summed E-state index contributed by atoms with van der Waals surface area (Å²) in [6.07, 6.45) is 2.51. The standard InChI is InChI=1S/C13H18O6/c1-2-10(14)19-8-7-13(12(17)18)5-3-9(4-6-13)11(15)16/h2,9H,1,3-8H2,(H,15,16)(H,17,18). The van der Waals surface area contributed by atoms with Crippen LogP contribution < -0.4 is 0 Å². The van der Waals surface area contributed by atoms with Gasteiger partial charge in [0.2, 0.25) is 0 Å². The van der Waals surface area contributed by atoms with Gasteiger partial charge < -0.3 is 14.9 Å². The van der Waals surface area contributed by atoms with E-state index in [0.29, 0.717) is 25.7 Å². The van der Waals surface area contributed by atoms with E-state index < -0.39 is 29.2 Å². The van der Waals surface area contributed by atoms with Crippen molar-refractivity contribution in [3.05, 3.63) is 12.7 Å². The number of hydrogen-bond acceptors (Lipinski definition) is 4. The zero-order chi connectivity index (χ0) is 14.5. The maximum Gasteiger partial charge on any atom is 0.330 e. The van der Waals surface area contributed by atoms with Crippen molar-refractivity contribution in [1.82, 2.24) is 0 Å². The highest BCUT2D eigenvalue weighted by molar-refractivity contribution is 5.81. The van der Waals surface area contributed by atoms with E-state index in [-0.39, 0.29) is 13.0 Å². The predicted octanol–water partition coefficient (Wildman–Crippen LogP) is 1.45. The number of carboxylic acid groups (broad SMARTS) is 2. The summed E-state index contributed by atoms with van der Waals surface area (Å²) in [5.41, 5.74) is -0.979. The highest BCUT2D eigenvalue weighted by Gasteiger charge is 2.43. The summed E-state index contributed by atoms with van der Waals surface area (Å²) in [6, 6.07) is 0. The third-order valence-electron chi connectivity index (χ3n) is 3.74. The first-order chi connectivity index (χ1) is 8.91. The monoisotopic (exact) mass is 270 g/mol. The van der Waals surface area contributed by atoms with Gasteiger partial charge >= 0.3 is 17.9 Å². The average molecular weight is 270 g/mol. The summed E-state index contributed by atoms with van der Waals surface area (Å²) in [5, 5.41) is 18.2. The van der Waals surface area contributed by atoms with Crippen LogP contribution in [0.3, 0.4) is 0 Å². The number of esters is 1. The van der Waals surface area contributed by atoms with E-state index in [1.165, 1.54) is 0 Å². The Kier molecular flexibility index (Phi) is 5.09. The molecule has 1 rings (SSSR count). The maximum atomic E-state index is 11.4. The number of carbonyl (C=O) groups is 3. The Labute approximate surface area is 111 Å². The van der Waals surface area contributed by atoms with Crippen LogP contribution in [0.1, 0.15) is 32.1 Å². The van der Waals surface area contributed by atoms with Gasteiger partial charge in [-0.3, -0.25) is 9.59 Å². The second-order valence-corrected chi connectivity index (χ2v) is 4.82. The summed E-state index contributed by atoms with van der Waals surface area (Å²) in [7, 11) is 0. The van der Waals surface area contributed by atoms with Crippen molar-refractivity contribution < 1.29 is 29.3 Å². The third-order valence-corrected chi connectivity index (χ3v) is 3.74. The van der Waals surface area contributed by atoms with Crippen molar-refractivity contribution in [3.8, 4) is 0 Å². The van der Waals surface area contributed by atoms with Crippen LogP contribution in [0.15, 0.2) is 12.7 Å². The Morgan fingerprint density at radius 1 is 1.26 bits per heavy atom. The first-order valence-electron chi connectivity index (χ1n) is 6.17. The lowest BCUT2D eigenvalue weighted by Gasteiger charge is -2.35. The van der Waals surface area contributed by atoms with Crippen LogP contribution in [0, 0.1) is 11.3 Å². The molecule has 6 heteroatoms. The van der Waals surface area contributed by atoms with Gasteiger partial charge in [0.15, 0.2) is 0 Å². The van der Waals surface area contributed by atoms with Gasteiger partial charge in [-0.2, -0.15) is 0 Å². The largest absolute Gasteiger partial charge is 0.481 e. The minimum Gasteiger partial charge on any atom is -0.481 e. The maximum absolute atomic E-state index is 11.4. The van der Waals surface area contributed by atoms with Crippen LogP contribution in [-0.4, -0.2) is 34.7 Å². The molecule has 0 atom stereocenters. The van der Waals surface area contributed by atoms with Crippen molar-refractivity contribution in [2.24, 2.45) is 11.3 Å². The topological polar surface area (TPSA) is 101 Å². The highest BCUT2D eigenvalue weighted by atomic mass is 16.5. The molecule has 106 valence electrons. The second-order valence-electron chi connectivity index (χ2n) is 4.82. The zero-order valence-corrected chi connectivity index (χ0v) is 10.6. The van der Waals surface area contributed by atoms with Crippen LogP contribution in [0.4, 0.5) is 0 Å². The Hall–Kier alpha value is -1.85. The molecule has 0 heterocycles. The highest BCUT2D eigenvalue weighted by Crippen LogP contribution is 2.42. The molecule has 1 aliphatic rings. The molecule has 2 N–H and O–H groups in total. The Morgan fingerprint density at radius 2 is 1.84 bits per heavy atom.